The highest BCUT2D eigenvalue weighted by atomic mass is 32.2. The predicted octanol–water partition coefficient (Wildman–Crippen LogP) is 3.33. The third-order valence-corrected chi connectivity index (χ3v) is 6.71. The molecule has 2 aromatic carbocycles. The number of carbonyl (C=O) groups excluding carboxylic acids is 1. The number of aromatic hydroxyl groups is 1. The number of amides is 1. The van der Waals surface area contributed by atoms with Gasteiger partial charge in [0, 0.05) is 6.54 Å². The van der Waals surface area contributed by atoms with E-state index in [-0.39, 0.29) is 22.9 Å². The topological polar surface area (TPSA) is 93.9 Å². The molecule has 10 heteroatoms. The van der Waals surface area contributed by atoms with Crippen LogP contribution >= 0.6 is 11.8 Å². The molecule has 1 aliphatic heterocycles. The number of ether oxygens (including phenoxy) is 2. The van der Waals surface area contributed by atoms with E-state index in [2.05, 4.69) is 4.98 Å². The van der Waals surface area contributed by atoms with E-state index in [0.29, 0.717) is 30.2 Å². The summed E-state index contributed by atoms with van der Waals surface area (Å²) in [4.78, 5) is 31.5. The monoisotopic (exact) mass is 485 g/mol. The van der Waals surface area contributed by atoms with Crippen LogP contribution < -0.4 is 15.0 Å². The van der Waals surface area contributed by atoms with Crippen LogP contribution in [0.5, 0.6) is 17.4 Å². The maximum absolute atomic E-state index is 13.3. The summed E-state index contributed by atoms with van der Waals surface area (Å²) >= 11 is 1.04. The molecule has 4 rings (SSSR count). The van der Waals surface area contributed by atoms with Gasteiger partial charge >= 0.3 is 0 Å². The number of fused-ring (bicyclic) bond motifs is 1. The van der Waals surface area contributed by atoms with Gasteiger partial charge in [0.1, 0.15) is 5.82 Å². The molecule has 34 heavy (non-hydrogen) atoms. The molecule has 1 atom stereocenters. The van der Waals surface area contributed by atoms with Gasteiger partial charge in [0.15, 0.2) is 16.7 Å². The van der Waals surface area contributed by atoms with E-state index in [1.165, 1.54) is 28.8 Å². The van der Waals surface area contributed by atoms with E-state index in [9.17, 15) is 19.1 Å². The number of benzene rings is 2. The fraction of sp³-hybridized carbons (Fsp3) is 0.292. The van der Waals surface area contributed by atoms with Crippen molar-refractivity contribution in [1.82, 2.24) is 14.5 Å². The maximum Gasteiger partial charge on any atom is 0.262 e. The number of hydrogen-bond donors (Lipinski definition) is 1. The van der Waals surface area contributed by atoms with Gasteiger partial charge in [-0.15, -0.1) is 0 Å². The first-order valence-corrected chi connectivity index (χ1v) is 11.6. The highest BCUT2D eigenvalue weighted by Gasteiger charge is 2.29. The summed E-state index contributed by atoms with van der Waals surface area (Å²) in [6, 6.07) is 9.95. The average molecular weight is 486 g/mol. The lowest BCUT2D eigenvalue weighted by atomic mass is 9.93. The number of methoxy groups -OCH3 is 2. The minimum Gasteiger partial charge on any atom is -0.493 e. The van der Waals surface area contributed by atoms with Gasteiger partial charge in [-0.3, -0.25) is 14.2 Å². The van der Waals surface area contributed by atoms with Crippen LogP contribution in [0.3, 0.4) is 0 Å². The van der Waals surface area contributed by atoms with Crippen molar-refractivity contribution >= 4 is 17.7 Å². The molecule has 0 aliphatic carbocycles. The van der Waals surface area contributed by atoms with E-state index < -0.39 is 17.3 Å². The number of halogens is 1. The number of thioether (sulfide) groups is 1. The van der Waals surface area contributed by atoms with Crippen molar-refractivity contribution in [1.29, 1.82) is 0 Å². The number of hydrogen-bond acceptors (Lipinski definition) is 7. The van der Waals surface area contributed by atoms with Gasteiger partial charge in [0.25, 0.3) is 5.56 Å². The third kappa shape index (κ3) is 4.58. The van der Waals surface area contributed by atoms with Gasteiger partial charge in [-0.25, -0.2) is 4.39 Å². The zero-order chi connectivity index (χ0) is 24.4. The molecule has 0 radical (unpaired) electrons. The van der Waals surface area contributed by atoms with Gasteiger partial charge in [0.2, 0.25) is 11.8 Å². The van der Waals surface area contributed by atoms with Crippen molar-refractivity contribution in [2.24, 2.45) is 0 Å². The van der Waals surface area contributed by atoms with Crippen LogP contribution in [-0.4, -0.2) is 52.0 Å². The minimum absolute atomic E-state index is 0.00402. The Balaban J connectivity index is 1.56. The highest BCUT2D eigenvalue weighted by molar-refractivity contribution is 7.99. The molecule has 8 nitrogen and oxygen atoms in total. The lowest BCUT2D eigenvalue weighted by molar-refractivity contribution is -0.130. The van der Waals surface area contributed by atoms with Gasteiger partial charge in [-0.05, 0) is 60.9 Å². The van der Waals surface area contributed by atoms with Crippen LogP contribution in [0.15, 0.2) is 52.4 Å². The second-order valence-corrected chi connectivity index (χ2v) is 8.70. The van der Waals surface area contributed by atoms with Gasteiger partial charge in [-0.2, -0.15) is 4.98 Å². The molecule has 1 amide bonds. The Bertz CT molecular complexity index is 1280. The van der Waals surface area contributed by atoms with E-state index in [0.717, 1.165) is 29.0 Å². The first kappa shape index (κ1) is 23.6. The van der Waals surface area contributed by atoms with Crippen LogP contribution in [0.2, 0.25) is 0 Å². The lowest BCUT2D eigenvalue weighted by Crippen LogP contribution is -2.40. The first-order chi connectivity index (χ1) is 16.3. The number of nitrogens with zero attached hydrogens (tertiary/aromatic N) is 3. The Morgan fingerprint density at radius 1 is 1.18 bits per heavy atom. The Labute approximate surface area is 200 Å². The van der Waals surface area contributed by atoms with Crippen molar-refractivity contribution in [3.8, 4) is 23.1 Å². The third-order valence-electron chi connectivity index (χ3n) is 5.79. The summed E-state index contributed by atoms with van der Waals surface area (Å²) in [5.74, 6) is 0.230. The normalized spacial score (nSPS) is 15.1. The molecule has 0 spiro atoms. The highest BCUT2D eigenvalue weighted by Crippen LogP contribution is 2.38. The van der Waals surface area contributed by atoms with Crippen LogP contribution in [0.25, 0.3) is 5.69 Å². The standard InChI is InChI=1S/C24H24FN3O5S/c1-14-18-11-20(33-3)19(32-2)10-15(18)8-9-27(14)23(31)13-34-24-26-21(29)12-22(30)28(24)17-6-4-16(25)5-7-17/h4-7,10-12,14,29H,8-9,13H2,1-3H3. The molecule has 1 N–H and O–H groups in total. The molecule has 2 heterocycles. The zero-order valence-electron chi connectivity index (χ0n) is 18.9. The molecule has 3 aromatic rings. The number of aromatic nitrogens is 2. The summed E-state index contributed by atoms with van der Waals surface area (Å²) in [5.41, 5.74) is 1.94. The predicted molar refractivity (Wildman–Crippen MR) is 126 cm³/mol. The van der Waals surface area contributed by atoms with Crippen LogP contribution in [-0.2, 0) is 11.2 Å². The molecule has 0 saturated carbocycles. The Kier molecular flexibility index (Phi) is 6.78. The smallest absolute Gasteiger partial charge is 0.262 e. The van der Waals surface area contributed by atoms with Crippen LogP contribution in [0, 0.1) is 5.82 Å². The van der Waals surface area contributed by atoms with E-state index in [4.69, 9.17) is 9.47 Å². The summed E-state index contributed by atoms with van der Waals surface area (Å²) < 4.78 is 25.4. The second kappa shape index (κ2) is 9.76. The molecule has 1 unspecified atom stereocenters. The quantitative estimate of drug-likeness (QED) is 0.423. The van der Waals surface area contributed by atoms with Crippen molar-refractivity contribution < 1.29 is 23.8 Å². The first-order valence-electron chi connectivity index (χ1n) is 10.6. The number of carbonyl (C=O) groups is 1. The summed E-state index contributed by atoms with van der Waals surface area (Å²) in [6.07, 6.45) is 0.668. The Morgan fingerprint density at radius 3 is 2.53 bits per heavy atom. The molecule has 1 aliphatic rings. The van der Waals surface area contributed by atoms with Crippen molar-refractivity contribution in [3.63, 3.8) is 0 Å². The summed E-state index contributed by atoms with van der Waals surface area (Å²) in [6.45, 7) is 2.48. The second-order valence-electron chi connectivity index (χ2n) is 7.75. The van der Waals surface area contributed by atoms with Gasteiger partial charge in [0.05, 0.1) is 37.8 Å². The van der Waals surface area contributed by atoms with Crippen LogP contribution in [0.1, 0.15) is 24.1 Å². The Morgan fingerprint density at radius 2 is 1.85 bits per heavy atom. The molecule has 0 saturated heterocycles. The SMILES string of the molecule is COc1cc2c(cc1OC)C(C)N(C(=O)CSc1nc(O)cc(=O)n1-c1ccc(F)cc1)CC2. The fourth-order valence-corrected chi connectivity index (χ4v) is 4.97. The minimum atomic E-state index is -0.532. The van der Waals surface area contributed by atoms with Crippen molar-refractivity contribution in [2.75, 3.05) is 26.5 Å². The average Bonchev–Trinajstić information content (AvgIpc) is 2.82. The molecular weight excluding hydrogens is 461 g/mol. The molecular formula is C24H24FN3O5S. The van der Waals surface area contributed by atoms with Crippen LogP contribution in [0.4, 0.5) is 4.39 Å². The van der Waals surface area contributed by atoms with Gasteiger partial charge in [-0.1, -0.05) is 11.8 Å². The van der Waals surface area contributed by atoms with Gasteiger partial charge < -0.3 is 19.5 Å². The lowest BCUT2D eigenvalue weighted by Gasteiger charge is -2.35. The molecule has 0 bridgehead atoms. The van der Waals surface area contributed by atoms with E-state index in [1.54, 1.807) is 19.1 Å². The van der Waals surface area contributed by atoms with Crippen molar-refractivity contribution in [2.45, 2.75) is 24.5 Å². The van der Waals surface area contributed by atoms with Crippen molar-refractivity contribution in [3.05, 3.63) is 69.8 Å². The molecule has 1 aromatic heterocycles. The molecule has 0 fully saturated rings. The summed E-state index contributed by atoms with van der Waals surface area (Å²) in [5, 5.41) is 9.99. The number of rotatable bonds is 6. The summed E-state index contributed by atoms with van der Waals surface area (Å²) in [7, 11) is 3.16. The Hall–Kier alpha value is -3.53. The van der Waals surface area contributed by atoms with E-state index >= 15 is 0 Å². The largest absolute Gasteiger partial charge is 0.493 e. The zero-order valence-corrected chi connectivity index (χ0v) is 19.8. The molecule has 178 valence electrons. The fourth-order valence-electron chi connectivity index (χ4n) is 4.07. The van der Waals surface area contributed by atoms with E-state index in [1.807, 2.05) is 19.1 Å². The maximum atomic E-state index is 13.3.